The number of fused-ring (bicyclic) bond motifs is 2. The Balaban J connectivity index is 1.60. The Morgan fingerprint density at radius 3 is 2.90 bits per heavy atom. The molecule has 1 aromatic rings. The SMILES string of the molecule is O=C(N/N=C\[C@H]1C[C@@H]2C=C[C@@H]1C2)c1ccc(Cl)cc1O. The third-order valence-electron chi connectivity index (χ3n) is 3.97. The fourth-order valence-electron chi connectivity index (χ4n) is 2.94. The van der Waals surface area contributed by atoms with Crippen LogP contribution in [0, 0.1) is 17.8 Å². The summed E-state index contributed by atoms with van der Waals surface area (Å²) < 4.78 is 0. The third kappa shape index (κ3) is 2.56. The Labute approximate surface area is 122 Å². The van der Waals surface area contributed by atoms with Crippen molar-refractivity contribution in [3.8, 4) is 5.75 Å². The van der Waals surface area contributed by atoms with Crippen LogP contribution in [0.15, 0.2) is 35.5 Å². The first kappa shape index (κ1) is 13.2. The van der Waals surface area contributed by atoms with Gasteiger partial charge in [0.15, 0.2) is 0 Å². The lowest BCUT2D eigenvalue weighted by atomic mass is 9.95. The van der Waals surface area contributed by atoms with Crippen molar-refractivity contribution < 1.29 is 9.90 Å². The Bertz CT molecular complexity index is 598. The standard InChI is InChI=1S/C15H15ClN2O2/c16-12-3-4-13(14(19)7-12)15(20)18-17-8-11-6-9-1-2-10(11)5-9/h1-4,7-11,19H,5-6H2,(H,18,20)/b17-8-/t9-,10-,11-/m1/s1. The number of nitrogens with one attached hydrogen (secondary N) is 1. The fraction of sp³-hybridized carbons (Fsp3) is 0.333. The van der Waals surface area contributed by atoms with Gasteiger partial charge in [-0.25, -0.2) is 5.43 Å². The molecule has 1 saturated carbocycles. The molecule has 104 valence electrons. The zero-order chi connectivity index (χ0) is 14.1. The van der Waals surface area contributed by atoms with Crippen molar-refractivity contribution in [2.45, 2.75) is 12.8 Å². The van der Waals surface area contributed by atoms with Crippen LogP contribution in [0.1, 0.15) is 23.2 Å². The van der Waals surface area contributed by atoms with Crippen molar-refractivity contribution >= 4 is 23.7 Å². The normalized spacial score (nSPS) is 27.4. The van der Waals surface area contributed by atoms with Gasteiger partial charge in [-0.05, 0) is 42.9 Å². The number of benzene rings is 1. The van der Waals surface area contributed by atoms with Crippen LogP contribution < -0.4 is 5.43 Å². The van der Waals surface area contributed by atoms with E-state index in [0.29, 0.717) is 22.8 Å². The second-order valence-corrected chi connectivity index (χ2v) is 5.76. The molecule has 0 unspecified atom stereocenters. The van der Waals surface area contributed by atoms with Gasteiger partial charge in [0, 0.05) is 17.2 Å². The van der Waals surface area contributed by atoms with E-state index in [4.69, 9.17) is 11.6 Å². The molecule has 0 heterocycles. The van der Waals surface area contributed by atoms with Gasteiger partial charge in [-0.1, -0.05) is 23.8 Å². The molecule has 3 rings (SSSR count). The lowest BCUT2D eigenvalue weighted by Gasteiger charge is -2.12. The number of aromatic hydroxyl groups is 1. The molecule has 0 radical (unpaired) electrons. The maximum absolute atomic E-state index is 11.9. The fourth-order valence-corrected chi connectivity index (χ4v) is 3.11. The highest BCUT2D eigenvalue weighted by molar-refractivity contribution is 6.30. The van der Waals surface area contributed by atoms with E-state index in [1.165, 1.54) is 18.6 Å². The molecule has 5 heteroatoms. The third-order valence-corrected chi connectivity index (χ3v) is 4.20. The van der Waals surface area contributed by atoms with E-state index in [9.17, 15) is 9.90 Å². The summed E-state index contributed by atoms with van der Waals surface area (Å²) in [6, 6.07) is 4.37. The molecule has 1 amide bonds. The minimum absolute atomic E-state index is 0.145. The van der Waals surface area contributed by atoms with E-state index >= 15 is 0 Å². The molecule has 20 heavy (non-hydrogen) atoms. The molecule has 3 atom stereocenters. The largest absolute Gasteiger partial charge is 0.507 e. The van der Waals surface area contributed by atoms with E-state index in [0.717, 1.165) is 6.42 Å². The summed E-state index contributed by atoms with van der Waals surface area (Å²) in [6.45, 7) is 0. The summed E-state index contributed by atoms with van der Waals surface area (Å²) >= 11 is 5.72. The molecule has 2 N–H and O–H groups in total. The zero-order valence-electron chi connectivity index (χ0n) is 10.8. The van der Waals surface area contributed by atoms with Crippen LogP contribution in [-0.4, -0.2) is 17.2 Å². The number of allylic oxidation sites excluding steroid dienone is 2. The Hall–Kier alpha value is -1.81. The molecule has 0 aromatic heterocycles. The zero-order valence-corrected chi connectivity index (χ0v) is 11.5. The van der Waals surface area contributed by atoms with Gasteiger partial charge in [0.2, 0.25) is 0 Å². The number of nitrogens with zero attached hydrogens (tertiary/aromatic N) is 1. The molecular formula is C15H15ClN2O2. The molecule has 0 spiro atoms. The number of hydrogen-bond acceptors (Lipinski definition) is 3. The first-order valence-corrected chi connectivity index (χ1v) is 7.01. The summed E-state index contributed by atoms with van der Waals surface area (Å²) in [7, 11) is 0. The van der Waals surface area contributed by atoms with Gasteiger partial charge >= 0.3 is 0 Å². The molecule has 1 aromatic carbocycles. The van der Waals surface area contributed by atoms with E-state index in [-0.39, 0.29) is 11.3 Å². The average molecular weight is 291 g/mol. The number of phenols is 1. The van der Waals surface area contributed by atoms with Crippen LogP contribution in [0.3, 0.4) is 0 Å². The Morgan fingerprint density at radius 1 is 1.40 bits per heavy atom. The van der Waals surface area contributed by atoms with E-state index < -0.39 is 5.91 Å². The van der Waals surface area contributed by atoms with Crippen LogP contribution in [0.5, 0.6) is 5.75 Å². The monoisotopic (exact) mass is 290 g/mol. The van der Waals surface area contributed by atoms with Crippen molar-refractivity contribution in [1.29, 1.82) is 0 Å². The number of hydrazone groups is 1. The molecule has 0 aliphatic heterocycles. The van der Waals surface area contributed by atoms with Crippen LogP contribution in [0.25, 0.3) is 0 Å². The van der Waals surface area contributed by atoms with Crippen molar-refractivity contribution in [2.24, 2.45) is 22.9 Å². The van der Waals surface area contributed by atoms with Gasteiger partial charge in [-0.15, -0.1) is 0 Å². The van der Waals surface area contributed by atoms with E-state index in [2.05, 4.69) is 22.7 Å². The quantitative estimate of drug-likeness (QED) is 0.511. The smallest absolute Gasteiger partial charge is 0.275 e. The molecule has 2 aliphatic rings. The van der Waals surface area contributed by atoms with Crippen LogP contribution in [0.2, 0.25) is 5.02 Å². The van der Waals surface area contributed by atoms with Crippen LogP contribution in [-0.2, 0) is 0 Å². The second kappa shape index (κ2) is 5.29. The highest BCUT2D eigenvalue weighted by Gasteiger charge is 2.34. The lowest BCUT2D eigenvalue weighted by Crippen LogP contribution is -2.19. The Morgan fingerprint density at radius 2 is 2.25 bits per heavy atom. The van der Waals surface area contributed by atoms with Crippen LogP contribution >= 0.6 is 11.6 Å². The number of carbonyl (C=O) groups excluding carboxylic acids is 1. The van der Waals surface area contributed by atoms with Gasteiger partial charge in [-0.2, -0.15) is 5.10 Å². The highest BCUT2D eigenvalue weighted by Crippen LogP contribution is 2.42. The number of halogens is 1. The van der Waals surface area contributed by atoms with Crippen LogP contribution in [0.4, 0.5) is 0 Å². The van der Waals surface area contributed by atoms with Gasteiger partial charge in [0.1, 0.15) is 5.75 Å². The molecule has 1 fully saturated rings. The van der Waals surface area contributed by atoms with Gasteiger partial charge < -0.3 is 5.11 Å². The number of amides is 1. The maximum Gasteiger partial charge on any atom is 0.275 e. The topological polar surface area (TPSA) is 61.7 Å². The molecular weight excluding hydrogens is 276 g/mol. The van der Waals surface area contributed by atoms with Gasteiger partial charge in [-0.3, -0.25) is 4.79 Å². The van der Waals surface area contributed by atoms with Crippen molar-refractivity contribution in [2.75, 3.05) is 0 Å². The summed E-state index contributed by atoms with van der Waals surface area (Å²) in [5.41, 5.74) is 2.62. The van der Waals surface area contributed by atoms with E-state index in [1.807, 2.05) is 0 Å². The highest BCUT2D eigenvalue weighted by atomic mass is 35.5. The van der Waals surface area contributed by atoms with Gasteiger partial charge in [0.25, 0.3) is 5.91 Å². The molecule has 2 aliphatic carbocycles. The van der Waals surface area contributed by atoms with Crippen molar-refractivity contribution in [1.82, 2.24) is 5.43 Å². The number of rotatable bonds is 3. The number of phenolic OH excluding ortho intramolecular Hbond substituents is 1. The van der Waals surface area contributed by atoms with Crippen molar-refractivity contribution in [3.63, 3.8) is 0 Å². The summed E-state index contributed by atoms with van der Waals surface area (Å²) in [4.78, 5) is 11.9. The number of carbonyl (C=O) groups is 1. The predicted molar refractivity (Wildman–Crippen MR) is 77.9 cm³/mol. The summed E-state index contributed by atoms with van der Waals surface area (Å²) in [5.74, 6) is 1.06. The predicted octanol–water partition coefficient (Wildman–Crippen LogP) is 2.97. The molecule has 4 nitrogen and oxygen atoms in total. The van der Waals surface area contributed by atoms with Crippen molar-refractivity contribution in [3.05, 3.63) is 40.9 Å². The second-order valence-electron chi connectivity index (χ2n) is 5.32. The lowest BCUT2D eigenvalue weighted by molar-refractivity contribution is 0.0952. The summed E-state index contributed by atoms with van der Waals surface area (Å²) in [6.07, 6.45) is 8.60. The first-order chi connectivity index (χ1) is 9.63. The average Bonchev–Trinajstić information content (AvgIpc) is 3.00. The molecule has 2 bridgehead atoms. The minimum atomic E-state index is -0.436. The minimum Gasteiger partial charge on any atom is -0.507 e. The summed E-state index contributed by atoms with van der Waals surface area (Å²) in [5, 5.41) is 14.0. The number of hydrogen-bond donors (Lipinski definition) is 2. The Kier molecular flexibility index (Phi) is 3.49. The molecule has 0 saturated heterocycles. The van der Waals surface area contributed by atoms with Gasteiger partial charge in [0.05, 0.1) is 5.56 Å². The first-order valence-electron chi connectivity index (χ1n) is 6.64. The maximum atomic E-state index is 11.9. The van der Waals surface area contributed by atoms with E-state index in [1.54, 1.807) is 12.3 Å².